The number of aromatic amines is 1. The SMILES string of the molecule is O=C(Nc1n[nH]c2c1CN(c1ccnc(NCc3ccccc3)n1)C2)c1ccc(F)cc1. The number of fused-ring (bicyclic) bond motifs is 1. The molecular weight excluding hydrogens is 409 g/mol. The first-order valence-electron chi connectivity index (χ1n) is 10.1. The maximum Gasteiger partial charge on any atom is 0.256 e. The van der Waals surface area contributed by atoms with E-state index in [4.69, 9.17) is 0 Å². The Morgan fingerprint density at radius 1 is 1.06 bits per heavy atom. The predicted molar refractivity (Wildman–Crippen MR) is 119 cm³/mol. The fourth-order valence-corrected chi connectivity index (χ4v) is 3.57. The highest BCUT2D eigenvalue weighted by Crippen LogP contribution is 2.30. The van der Waals surface area contributed by atoms with Crippen LogP contribution in [0.2, 0.25) is 0 Å². The van der Waals surface area contributed by atoms with Crippen LogP contribution in [0.4, 0.5) is 22.0 Å². The Morgan fingerprint density at radius 2 is 1.88 bits per heavy atom. The monoisotopic (exact) mass is 429 g/mol. The van der Waals surface area contributed by atoms with Crippen LogP contribution >= 0.6 is 0 Å². The van der Waals surface area contributed by atoms with Gasteiger partial charge in [-0.25, -0.2) is 9.37 Å². The van der Waals surface area contributed by atoms with E-state index in [2.05, 4.69) is 35.7 Å². The molecule has 0 saturated heterocycles. The number of aromatic nitrogens is 4. The summed E-state index contributed by atoms with van der Waals surface area (Å²) in [6, 6.07) is 17.3. The Hall–Kier alpha value is -4.27. The first-order chi connectivity index (χ1) is 15.7. The van der Waals surface area contributed by atoms with Gasteiger partial charge in [0.2, 0.25) is 5.95 Å². The van der Waals surface area contributed by atoms with E-state index in [9.17, 15) is 9.18 Å². The van der Waals surface area contributed by atoms with Gasteiger partial charge in [-0.2, -0.15) is 10.1 Å². The van der Waals surface area contributed by atoms with Crippen LogP contribution in [0.25, 0.3) is 0 Å². The smallest absolute Gasteiger partial charge is 0.256 e. The molecule has 3 heterocycles. The third-order valence-electron chi connectivity index (χ3n) is 5.25. The lowest BCUT2D eigenvalue weighted by Crippen LogP contribution is -2.19. The van der Waals surface area contributed by atoms with Crippen molar-refractivity contribution in [3.8, 4) is 0 Å². The van der Waals surface area contributed by atoms with Crippen LogP contribution in [0.3, 0.4) is 0 Å². The summed E-state index contributed by atoms with van der Waals surface area (Å²) in [6.45, 7) is 1.76. The van der Waals surface area contributed by atoms with Crippen molar-refractivity contribution >= 4 is 23.5 Å². The molecule has 1 aliphatic heterocycles. The summed E-state index contributed by atoms with van der Waals surface area (Å²) in [6.07, 6.45) is 1.72. The third-order valence-corrected chi connectivity index (χ3v) is 5.25. The zero-order chi connectivity index (χ0) is 21.9. The van der Waals surface area contributed by atoms with E-state index in [0.717, 1.165) is 22.6 Å². The lowest BCUT2D eigenvalue weighted by atomic mass is 10.2. The fourth-order valence-electron chi connectivity index (χ4n) is 3.57. The van der Waals surface area contributed by atoms with Crippen LogP contribution in [0.1, 0.15) is 27.2 Å². The Kier molecular flexibility index (Phi) is 5.20. The first kappa shape index (κ1) is 19.7. The van der Waals surface area contributed by atoms with Gasteiger partial charge in [-0.15, -0.1) is 0 Å². The van der Waals surface area contributed by atoms with Crippen molar-refractivity contribution in [2.75, 3.05) is 15.5 Å². The number of H-pyrrole nitrogens is 1. The quantitative estimate of drug-likeness (QED) is 0.432. The molecule has 2 aromatic carbocycles. The molecule has 2 aromatic heterocycles. The number of carbonyl (C=O) groups is 1. The molecule has 0 fully saturated rings. The largest absolute Gasteiger partial charge is 0.350 e. The summed E-state index contributed by atoms with van der Waals surface area (Å²) in [4.78, 5) is 23.5. The number of hydrogen-bond donors (Lipinski definition) is 3. The van der Waals surface area contributed by atoms with Gasteiger partial charge in [0.1, 0.15) is 11.6 Å². The summed E-state index contributed by atoms with van der Waals surface area (Å²) in [5.41, 5.74) is 3.32. The molecule has 0 atom stereocenters. The van der Waals surface area contributed by atoms with Crippen molar-refractivity contribution in [1.82, 2.24) is 20.2 Å². The molecule has 4 aromatic rings. The molecule has 0 bridgehead atoms. The van der Waals surface area contributed by atoms with Crippen LogP contribution in [0, 0.1) is 5.82 Å². The summed E-state index contributed by atoms with van der Waals surface area (Å²) >= 11 is 0. The second-order valence-corrected chi connectivity index (χ2v) is 7.42. The fraction of sp³-hybridized carbons (Fsp3) is 0.130. The summed E-state index contributed by atoms with van der Waals surface area (Å²) in [5.74, 6) is 1.06. The van der Waals surface area contributed by atoms with Gasteiger partial charge in [-0.3, -0.25) is 9.89 Å². The first-order valence-corrected chi connectivity index (χ1v) is 10.1. The van der Waals surface area contributed by atoms with Gasteiger partial charge >= 0.3 is 0 Å². The van der Waals surface area contributed by atoms with Gasteiger partial charge in [-0.05, 0) is 35.9 Å². The summed E-state index contributed by atoms with van der Waals surface area (Å²) in [7, 11) is 0. The standard InChI is InChI=1S/C23H20FN7O/c24-17-8-6-16(7-9-17)22(32)28-21-18-13-31(14-19(18)29-30-21)20-10-11-25-23(27-20)26-12-15-4-2-1-3-5-15/h1-11H,12-14H2,(H,25,26,27)(H2,28,29,30,32). The molecule has 3 N–H and O–H groups in total. The number of hydrogen-bond acceptors (Lipinski definition) is 6. The minimum atomic E-state index is -0.389. The number of anilines is 3. The van der Waals surface area contributed by atoms with Crippen molar-refractivity contribution in [2.24, 2.45) is 0 Å². The topological polar surface area (TPSA) is 98.8 Å². The molecule has 0 spiro atoms. The number of benzene rings is 2. The minimum Gasteiger partial charge on any atom is -0.350 e. The Bertz CT molecular complexity index is 1240. The number of halogens is 1. The van der Waals surface area contributed by atoms with Gasteiger partial charge in [0.15, 0.2) is 5.82 Å². The predicted octanol–water partition coefficient (Wildman–Crippen LogP) is 3.72. The molecule has 32 heavy (non-hydrogen) atoms. The van der Waals surface area contributed by atoms with Gasteiger partial charge in [0.25, 0.3) is 5.91 Å². The van der Waals surface area contributed by atoms with E-state index in [1.807, 2.05) is 36.4 Å². The number of carbonyl (C=O) groups excluding carboxylic acids is 1. The third kappa shape index (κ3) is 4.13. The van der Waals surface area contributed by atoms with E-state index in [0.29, 0.717) is 37.0 Å². The van der Waals surface area contributed by atoms with Crippen LogP contribution in [0.15, 0.2) is 66.9 Å². The number of amides is 1. The van der Waals surface area contributed by atoms with Gasteiger partial charge in [0.05, 0.1) is 18.8 Å². The lowest BCUT2D eigenvalue weighted by molar-refractivity contribution is 0.102. The van der Waals surface area contributed by atoms with Gasteiger partial charge < -0.3 is 15.5 Å². The van der Waals surface area contributed by atoms with Gasteiger partial charge in [0, 0.05) is 23.9 Å². The van der Waals surface area contributed by atoms with Crippen LogP contribution in [-0.4, -0.2) is 26.1 Å². The van der Waals surface area contributed by atoms with Crippen molar-refractivity contribution in [2.45, 2.75) is 19.6 Å². The average Bonchev–Trinajstić information content (AvgIpc) is 3.41. The summed E-state index contributed by atoms with van der Waals surface area (Å²) in [5, 5.41) is 13.3. The van der Waals surface area contributed by atoms with Crippen LogP contribution < -0.4 is 15.5 Å². The second kappa shape index (κ2) is 8.46. The molecule has 0 aliphatic carbocycles. The van der Waals surface area contributed by atoms with Crippen molar-refractivity contribution < 1.29 is 9.18 Å². The zero-order valence-corrected chi connectivity index (χ0v) is 17.0. The molecule has 1 aliphatic rings. The Balaban J connectivity index is 1.26. The molecule has 5 rings (SSSR count). The Morgan fingerprint density at radius 3 is 2.69 bits per heavy atom. The maximum atomic E-state index is 13.1. The molecule has 9 heteroatoms. The zero-order valence-electron chi connectivity index (χ0n) is 17.0. The normalized spacial score (nSPS) is 12.5. The van der Waals surface area contributed by atoms with Crippen molar-refractivity contribution in [1.29, 1.82) is 0 Å². The van der Waals surface area contributed by atoms with Crippen molar-refractivity contribution in [3.63, 3.8) is 0 Å². The highest BCUT2D eigenvalue weighted by atomic mass is 19.1. The van der Waals surface area contributed by atoms with Crippen molar-refractivity contribution in [3.05, 3.63) is 95.1 Å². The molecule has 8 nitrogen and oxygen atoms in total. The summed E-state index contributed by atoms with van der Waals surface area (Å²) < 4.78 is 13.1. The highest BCUT2D eigenvalue weighted by molar-refractivity contribution is 6.04. The number of rotatable bonds is 6. The molecule has 0 radical (unpaired) electrons. The molecular formula is C23H20FN7O. The molecule has 0 unspecified atom stereocenters. The van der Waals surface area contributed by atoms with Gasteiger partial charge in [-0.1, -0.05) is 30.3 Å². The second-order valence-electron chi connectivity index (χ2n) is 7.42. The number of nitrogens with zero attached hydrogens (tertiary/aromatic N) is 4. The molecule has 0 saturated carbocycles. The Labute approximate surface area is 183 Å². The number of nitrogens with one attached hydrogen (secondary N) is 3. The van der Waals surface area contributed by atoms with E-state index in [1.54, 1.807) is 6.20 Å². The van der Waals surface area contributed by atoms with E-state index >= 15 is 0 Å². The van der Waals surface area contributed by atoms with E-state index in [-0.39, 0.29) is 11.7 Å². The molecule has 160 valence electrons. The molecule has 1 amide bonds. The average molecular weight is 429 g/mol. The highest BCUT2D eigenvalue weighted by Gasteiger charge is 2.27. The van der Waals surface area contributed by atoms with E-state index < -0.39 is 0 Å². The maximum absolute atomic E-state index is 13.1. The van der Waals surface area contributed by atoms with E-state index in [1.165, 1.54) is 24.3 Å². The van der Waals surface area contributed by atoms with Crippen LogP contribution in [-0.2, 0) is 19.6 Å². The lowest BCUT2D eigenvalue weighted by Gasteiger charge is -2.17. The minimum absolute atomic E-state index is 0.341. The van der Waals surface area contributed by atoms with Crippen LogP contribution in [0.5, 0.6) is 0 Å².